The topological polar surface area (TPSA) is 70.3 Å². The minimum absolute atomic E-state index is 0.0345. The van der Waals surface area contributed by atoms with Gasteiger partial charge in [-0.2, -0.15) is 5.26 Å². The number of aliphatic hydroxyl groups is 1. The molecule has 0 heterocycles. The standard InChI is InChI=1S/C22H33NO3/c1-4-26-19-11-22(3)13(9-17(19)24)5-7-15-16-8-6-14(12-23)21(16,2)10-18(25)20(15)22/h13-17,19-20,24H,4-11H2,1-3H3/t13?,14-,15+,16+,17+,19+,20-,21-,22+/m1/s1. The molecule has 4 heteroatoms. The highest BCUT2D eigenvalue weighted by Crippen LogP contribution is 2.66. The fourth-order valence-electron chi connectivity index (χ4n) is 7.67. The van der Waals surface area contributed by atoms with E-state index in [4.69, 9.17) is 4.74 Å². The molecule has 4 nitrogen and oxygen atoms in total. The first-order valence-corrected chi connectivity index (χ1v) is 10.6. The van der Waals surface area contributed by atoms with Gasteiger partial charge in [0.15, 0.2) is 0 Å². The highest BCUT2D eigenvalue weighted by Gasteiger charge is 2.64. The van der Waals surface area contributed by atoms with Crippen LogP contribution in [0.1, 0.15) is 65.7 Å². The monoisotopic (exact) mass is 359 g/mol. The first kappa shape index (κ1) is 18.4. The van der Waals surface area contributed by atoms with Crippen LogP contribution in [-0.2, 0) is 9.53 Å². The Morgan fingerprint density at radius 3 is 2.69 bits per heavy atom. The summed E-state index contributed by atoms with van der Waals surface area (Å²) >= 11 is 0. The second kappa shape index (κ2) is 6.31. The lowest BCUT2D eigenvalue weighted by atomic mass is 9.44. The summed E-state index contributed by atoms with van der Waals surface area (Å²) in [6.07, 6.45) is 5.83. The van der Waals surface area contributed by atoms with Crippen LogP contribution in [0.3, 0.4) is 0 Å². The molecule has 144 valence electrons. The summed E-state index contributed by atoms with van der Waals surface area (Å²) in [6, 6.07) is 2.51. The van der Waals surface area contributed by atoms with Gasteiger partial charge in [-0.3, -0.25) is 4.79 Å². The quantitative estimate of drug-likeness (QED) is 0.816. The number of nitrogens with zero attached hydrogens (tertiary/aromatic N) is 1. The molecule has 1 N–H and O–H groups in total. The van der Waals surface area contributed by atoms with Gasteiger partial charge in [0.05, 0.1) is 24.2 Å². The number of carbonyl (C=O) groups excluding carboxylic acids is 1. The van der Waals surface area contributed by atoms with E-state index < -0.39 is 6.10 Å². The second-order valence-electron chi connectivity index (χ2n) is 9.94. The number of Topliss-reactive ketones (excluding diaryl/α,β-unsaturated/α-hetero) is 1. The Bertz CT molecular complexity index is 627. The van der Waals surface area contributed by atoms with E-state index in [-0.39, 0.29) is 28.8 Å². The average molecular weight is 360 g/mol. The maximum Gasteiger partial charge on any atom is 0.137 e. The molecule has 0 radical (unpaired) electrons. The van der Waals surface area contributed by atoms with Crippen LogP contribution in [-0.4, -0.2) is 29.7 Å². The van der Waals surface area contributed by atoms with Gasteiger partial charge < -0.3 is 9.84 Å². The largest absolute Gasteiger partial charge is 0.390 e. The third-order valence-corrected chi connectivity index (χ3v) is 8.88. The lowest BCUT2D eigenvalue weighted by Crippen LogP contribution is -2.60. The van der Waals surface area contributed by atoms with Gasteiger partial charge in [-0.15, -0.1) is 0 Å². The van der Waals surface area contributed by atoms with E-state index in [1.54, 1.807) is 0 Å². The zero-order chi connectivity index (χ0) is 18.7. The number of hydrogen-bond donors (Lipinski definition) is 1. The Labute approximate surface area is 157 Å². The minimum atomic E-state index is -0.400. The van der Waals surface area contributed by atoms with Crippen molar-refractivity contribution in [1.29, 1.82) is 5.26 Å². The summed E-state index contributed by atoms with van der Waals surface area (Å²) in [6.45, 7) is 7.08. The zero-order valence-electron chi connectivity index (χ0n) is 16.4. The van der Waals surface area contributed by atoms with Gasteiger partial charge in [0.1, 0.15) is 5.78 Å². The Morgan fingerprint density at radius 1 is 1.23 bits per heavy atom. The molecule has 9 atom stereocenters. The van der Waals surface area contributed by atoms with Crippen LogP contribution >= 0.6 is 0 Å². The first-order valence-electron chi connectivity index (χ1n) is 10.6. The van der Waals surface area contributed by atoms with Gasteiger partial charge in [0, 0.05) is 18.9 Å². The summed E-state index contributed by atoms with van der Waals surface area (Å²) in [7, 11) is 0. The fourth-order valence-corrected chi connectivity index (χ4v) is 7.67. The average Bonchev–Trinajstić information content (AvgIpc) is 2.91. The van der Waals surface area contributed by atoms with Crippen molar-refractivity contribution in [2.75, 3.05) is 6.61 Å². The van der Waals surface area contributed by atoms with E-state index in [0.29, 0.717) is 36.6 Å². The van der Waals surface area contributed by atoms with Crippen LogP contribution in [0.4, 0.5) is 0 Å². The van der Waals surface area contributed by atoms with Crippen molar-refractivity contribution >= 4 is 5.78 Å². The van der Waals surface area contributed by atoms with Gasteiger partial charge in [-0.1, -0.05) is 13.8 Å². The number of carbonyl (C=O) groups is 1. The van der Waals surface area contributed by atoms with Crippen molar-refractivity contribution < 1.29 is 14.6 Å². The Morgan fingerprint density at radius 2 is 2.00 bits per heavy atom. The van der Waals surface area contributed by atoms with Crippen molar-refractivity contribution in [2.45, 2.75) is 77.9 Å². The van der Waals surface area contributed by atoms with E-state index in [0.717, 1.165) is 38.5 Å². The molecule has 4 rings (SSSR count). The van der Waals surface area contributed by atoms with Crippen LogP contribution in [0, 0.1) is 51.8 Å². The van der Waals surface area contributed by atoms with Crippen LogP contribution in [0.5, 0.6) is 0 Å². The Kier molecular flexibility index (Phi) is 4.48. The summed E-state index contributed by atoms with van der Waals surface area (Å²) in [5.74, 6) is 1.84. The molecule has 4 fully saturated rings. The molecule has 1 unspecified atom stereocenters. The normalized spacial score (nSPS) is 53.3. The van der Waals surface area contributed by atoms with Crippen molar-refractivity contribution in [3.05, 3.63) is 0 Å². The van der Waals surface area contributed by atoms with E-state index in [1.807, 2.05) is 6.92 Å². The molecule has 26 heavy (non-hydrogen) atoms. The molecule has 0 aromatic carbocycles. The molecule has 0 saturated heterocycles. The number of hydrogen-bond acceptors (Lipinski definition) is 4. The van der Waals surface area contributed by atoms with Crippen molar-refractivity contribution in [3.8, 4) is 6.07 Å². The third-order valence-electron chi connectivity index (χ3n) is 8.88. The predicted octanol–water partition coefficient (Wildman–Crippen LogP) is 3.72. The molecule has 0 amide bonds. The predicted molar refractivity (Wildman–Crippen MR) is 98.0 cm³/mol. The van der Waals surface area contributed by atoms with Gasteiger partial charge in [-0.25, -0.2) is 0 Å². The minimum Gasteiger partial charge on any atom is -0.390 e. The number of nitriles is 1. The lowest BCUT2D eigenvalue weighted by Gasteiger charge is -2.60. The SMILES string of the molecule is CCO[C@H]1C[C@@]2(C)C(CC[C@H]3[C@@H]4CC[C@H](C#N)[C@@]4(C)CC(=O)[C@@H]32)C[C@@H]1O. The summed E-state index contributed by atoms with van der Waals surface area (Å²) < 4.78 is 5.86. The molecule has 0 aliphatic heterocycles. The van der Waals surface area contributed by atoms with E-state index in [2.05, 4.69) is 19.9 Å². The molecule has 0 aromatic heterocycles. The Balaban J connectivity index is 1.67. The Hall–Kier alpha value is -0.920. The van der Waals surface area contributed by atoms with E-state index in [1.165, 1.54) is 0 Å². The van der Waals surface area contributed by atoms with Crippen molar-refractivity contribution in [3.63, 3.8) is 0 Å². The second-order valence-corrected chi connectivity index (χ2v) is 9.94. The van der Waals surface area contributed by atoms with Gasteiger partial charge in [-0.05, 0) is 74.0 Å². The summed E-state index contributed by atoms with van der Waals surface area (Å²) in [5.41, 5.74) is -0.186. The number of ether oxygens (including phenoxy) is 1. The van der Waals surface area contributed by atoms with Crippen LogP contribution in [0.15, 0.2) is 0 Å². The molecule has 0 spiro atoms. The number of ketones is 1. The van der Waals surface area contributed by atoms with E-state index >= 15 is 0 Å². The molecule has 4 aliphatic carbocycles. The van der Waals surface area contributed by atoms with Crippen LogP contribution in [0.2, 0.25) is 0 Å². The summed E-state index contributed by atoms with van der Waals surface area (Å²) in [5, 5.41) is 20.1. The smallest absolute Gasteiger partial charge is 0.137 e. The molecular formula is C22H33NO3. The highest BCUT2D eigenvalue weighted by atomic mass is 16.5. The maximum absolute atomic E-state index is 13.4. The highest BCUT2D eigenvalue weighted by molar-refractivity contribution is 5.84. The van der Waals surface area contributed by atoms with E-state index in [9.17, 15) is 15.2 Å². The van der Waals surface area contributed by atoms with Gasteiger partial charge in [0.25, 0.3) is 0 Å². The fraction of sp³-hybridized carbons (Fsp3) is 0.909. The van der Waals surface area contributed by atoms with Gasteiger partial charge in [0.2, 0.25) is 0 Å². The van der Waals surface area contributed by atoms with Crippen LogP contribution < -0.4 is 0 Å². The number of fused-ring (bicyclic) bond motifs is 5. The zero-order valence-corrected chi connectivity index (χ0v) is 16.4. The van der Waals surface area contributed by atoms with Crippen LogP contribution in [0.25, 0.3) is 0 Å². The third kappa shape index (κ3) is 2.43. The molecular weight excluding hydrogens is 326 g/mol. The number of rotatable bonds is 2. The number of aliphatic hydroxyl groups excluding tert-OH is 1. The molecule has 0 aromatic rings. The lowest BCUT2D eigenvalue weighted by molar-refractivity contribution is -0.178. The van der Waals surface area contributed by atoms with Gasteiger partial charge >= 0.3 is 0 Å². The molecule has 4 aliphatic rings. The molecule has 0 bridgehead atoms. The first-order chi connectivity index (χ1) is 12.3. The molecule has 4 saturated carbocycles. The van der Waals surface area contributed by atoms with Crippen molar-refractivity contribution in [1.82, 2.24) is 0 Å². The summed E-state index contributed by atoms with van der Waals surface area (Å²) in [4.78, 5) is 13.4. The maximum atomic E-state index is 13.4. The van der Waals surface area contributed by atoms with Crippen molar-refractivity contribution in [2.24, 2.45) is 40.4 Å².